The molecule has 116 valence electrons. The minimum absolute atomic E-state index is 0.0787. The van der Waals surface area contributed by atoms with Crippen molar-refractivity contribution in [2.45, 2.75) is 25.3 Å². The Morgan fingerprint density at radius 3 is 2.35 bits per heavy atom. The topological polar surface area (TPSA) is 23.6 Å². The summed E-state index contributed by atoms with van der Waals surface area (Å²) in [5, 5.41) is 4.11. The summed E-state index contributed by atoms with van der Waals surface area (Å²) in [7, 11) is 0. The van der Waals surface area contributed by atoms with Gasteiger partial charge in [-0.25, -0.2) is 5.01 Å². The van der Waals surface area contributed by atoms with E-state index < -0.39 is 0 Å². The van der Waals surface area contributed by atoms with Gasteiger partial charge in [0.1, 0.15) is 0 Å². The van der Waals surface area contributed by atoms with Crippen LogP contribution in [0.5, 0.6) is 0 Å². The number of rotatable bonds is 2. The van der Waals surface area contributed by atoms with Crippen molar-refractivity contribution >= 4 is 11.6 Å². The van der Waals surface area contributed by atoms with E-state index in [1.165, 1.54) is 5.56 Å². The monoisotopic (exact) mass is 304 g/mol. The number of carbonyl (C=O) groups is 1. The molecule has 0 radical (unpaired) electrons. The molecule has 0 N–H and O–H groups in total. The molecule has 0 aromatic heterocycles. The van der Waals surface area contributed by atoms with Gasteiger partial charge in [-0.05, 0) is 43.5 Å². The lowest BCUT2D eigenvalue weighted by molar-refractivity contribution is -0.0300. The summed E-state index contributed by atoms with van der Waals surface area (Å²) in [5.41, 5.74) is 2.82. The maximum atomic E-state index is 13.1. The van der Waals surface area contributed by atoms with E-state index in [1.54, 1.807) is 0 Å². The number of amides is 1. The van der Waals surface area contributed by atoms with E-state index in [4.69, 9.17) is 0 Å². The molecule has 3 nitrogen and oxygen atoms in total. The summed E-state index contributed by atoms with van der Waals surface area (Å²) >= 11 is 0. The van der Waals surface area contributed by atoms with Crippen molar-refractivity contribution in [3.05, 3.63) is 77.9 Å². The normalized spacial score (nSPS) is 22.9. The second kappa shape index (κ2) is 5.27. The first kappa shape index (κ1) is 14.1. The first-order chi connectivity index (χ1) is 11.2. The van der Waals surface area contributed by atoms with Gasteiger partial charge in [-0.3, -0.25) is 9.80 Å². The van der Waals surface area contributed by atoms with Gasteiger partial charge in [0.2, 0.25) is 0 Å². The van der Waals surface area contributed by atoms with Crippen LogP contribution in [0.3, 0.4) is 0 Å². The Morgan fingerprint density at radius 2 is 1.65 bits per heavy atom. The lowest BCUT2D eigenvalue weighted by Crippen LogP contribution is -2.56. The maximum Gasteiger partial charge on any atom is 0.273 e. The molecule has 0 saturated carbocycles. The molecule has 1 unspecified atom stereocenters. The fourth-order valence-corrected chi connectivity index (χ4v) is 3.68. The first-order valence-electron chi connectivity index (χ1n) is 8.14. The average molecular weight is 304 g/mol. The molecule has 2 aromatic rings. The van der Waals surface area contributed by atoms with Crippen LogP contribution in [0.25, 0.3) is 5.70 Å². The standard InChI is InChI=1S/C20H20N2O/c1-20-13-8-14-21(18(15-20)16-9-4-2-5-10-16)22(20)19(23)17-11-6-3-7-12-17/h2-7,9-12,15H,8,13-14H2,1H3. The molecule has 1 amide bonds. The number of hydrogen-bond acceptors (Lipinski definition) is 2. The Morgan fingerprint density at radius 1 is 1.00 bits per heavy atom. The van der Waals surface area contributed by atoms with Crippen LogP contribution < -0.4 is 0 Å². The third-order valence-electron chi connectivity index (χ3n) is 4.79. The third kappa shape index (κ3) is 2.24. The van der Waals surface area contributed by atoms with Crippen LogP contribution >= 0.6 is 0 Å². The lowest BCUT2D eigenvalue weighted by atomic mass is 9.93. The van der Waals surface area contributed by atoms with E-state index in [2.05, 4.69) is 30.1 Å². The maximum absolute atomic E-state index is 13.1. The van der Waals surface area contributed by atoms with Gasteiger partial charge < -0.3 is 0 Å². The Labute approximate surface area is 136 Å². The summed E-state index contributed by atoms with van der Waals surface area (Å²) in [5.74, 6) is 0.0787. The molecule has 1 atom stereocenters. The van der Waals surface area contributed by atoms with E-state index in [1.807, 2.05) is 53.5 Å². The van der Waals surface area contributed by atoms with Crippen LogP contribution in [-0.2, 0) is 0 Å². The molecular formula is C20H20N2O. The van der Waals surface area contributed by atoms with Crippen molar-refractivity contribution in [2.24, 2.45) is 0 Å². The Kier molecular flexibility index (Phi) is 3.22. The molecule has 2 heterocycles. The Balaban J connectivity index is 1.74. The van der Waals surface area contributed by atoms with Crippen LogP contribution in [0.1, 0.15) is 35.7 Å². The lowest BCUT2D eigenvalue weighted by Gasteiger charge is -2.45. The predicted octanol–water partition coefficient (Wildman–Crippen LogP) is 3.95. The van der Waals surface area contributed by atoms with Crippen molar-refractivity contribution in [3.8, 4) is 0 Å². The van der Waals surface area contributed by atoms with Crippen LogP contribution in [0.2, 0.25) is 0 Å². The number of hydrogen-bond donors (Lipinski definition) is 0. The highest BCUT2D eigenvalue weighted by molar-refractivity contribution is 5.96. The number of nitrogens with zero attached hydrogens (tertiary/aromatic N) is 2. The van der Waals surface area contributed by atoms with E-state index in [9.17, 15) is 4.79 Å². The molecule has 1 fully saturated rings. The SMILES string of the molecule is CC12C=C(c3ccccc3)N(CCC1)N2C(=O)c1ccccc1. The highest BCUT2D eigenvalue weighted by Gasteiger charge is 2.47. The number of fused-ring (bicyclic) bond motifs is 2. The zero-order chi connectivity index (χ0) is 15.9. The second-order valence-electron chi connectivity index (χ2n) is 6.46. The largest absolute Gasteiger partial charge is 0.282 e. The minimum Gasteiger partial charge on any atom is -0.282 e. The molecule has 4 rings (SSSR count). The summed E-state index contributed by atoms with van der Waals surface area (Å²) in [6, 6.07) is 19.9. The summed E-state index contributed by atoms with van der Waals surface area (Å²) in [6.07, 6.45) is 4.36. The van der Waals surface area contributed by atoms with E-state index in [-0.39, 0.29) is 11.4 Å². The Bertz CT molecular complexity index is 754. The zero-order valence-electron chi connectivity index (χ0n) is 13.3. The summed E-state index contributed by atoms with van der Waals surface area (Å²) in [4.78, 5) is 13.1. The highest BCUT2D eigenvalue weighted by Crippen LogP contribution is 2.43. The van der Waals surface area contributed by atoms with Crippen molar-refractivity contribution in [3.63, 3.8) is 0 Å². The van der Waals surface area contributed by atoms with E-state index in [0.717, 1.165) is 30.6 Å². The smallest absolute Gasteiger partial charge is 0.273 e. The third-order valence-corrected chi connectivity index (χ3v) is 4.79. The molecule has 0 spiro atoms. The van der Waals surface area contributed by atoms with Gasteiger partial charge in [-0.2, -0.15) is 0 Å². The average Bonchev–Trinajstić information content (AvgIpc) is 2.77. The summed E-state index contributed by atoms with van der Waals surface area (Å²) in [6.45, 7) is 3.05. The molecule has 2 aliphatic rings. The number of carbonyl (C=O) groups excluding carboxylic acids is 1. The molecule has 2 bridgehead atoms. The minimum atomic E-state index is -0.240. The van der Waals surface area contributed by atoms with Crippen molar-refractivity contribution < 1.29 is 4.79 Å². The second-order valence-corrected chi connectivity index (χ2v) is 6.46. The predicted molar refractivity (Wildman–Crippen MR) is 91.4 cm³/mol. The Hall–Kier alpha value is -2.55. The van der Waals surface area contributed by atoms with Crippen molar-refractivity contribution in [2.75, 3.05) is 6.54 Å². The van der Waals surface area contributed by atoms with E-state index in [0.29, 0.717) is 0 Å². The van der Waals surface area contributed by atoms with Gasteiger partial charge in [-0.1, -0.05) is 48.5 Å². The van der Waals surface area contributed by atoms with Gasteiger partial charge >= 0.3 is 0 Å². The fourth-order valence-electron chi connectivity index (χ4n) is 3.68. The van der Waals surface area contributed by atoms with E-state index >= 15 is 0 Å². The van der Waals surface area contributed by atoms with Gasteiger partial charge in [0.05, 0.1) is 11.2 Å². The van der Waals surface area contributed by atoms with Gasteiger partial charge in [0.25, 0.3) is 5.91 Å². The van der Waals surface area contributed by atoms with Crippen LogP contribution in [0.4, 0.5) is 0 Å². The van der Waals surface area contributed by atoms with Crippen LogP contribution in [0, 0.1) is 0 Å². The van der Waals surface area contributed by atoms with Crippen molar-refractivity contribution in [1.29, 1.82) is 0 Å². The molecule has 2 aliphatic heterocycles. The van der Waals surface area contributed by atoms with Gasteiger partial charge in [0.15, 0.2) is 0 Å². The first-order valence-corrected chi connectivity index (χ1v) is 8.14. The van der Waals surface area contributed by atoms with Crippen LogP contribution in [0.15, 0.2) is 66.7 Å². The van der Waals surface area contributed by atoms with Crippen LogP contribution in [-0.4, -0.2) is 28.0 Å². The number of benzene rings is 2. The van der Waals surface area contributed by atoms with Gasteiger partial charge in [-0.15, -0.1) is 0 Å². The van der Waals surface area contributed by atoms with Crippen molar-refractivity contribution in [1.82, 2.24) is 10.0 Å². The zero-order valence-corrected chi connectivity index (χ0v) is 13.3. The fraction of sp³-hybridized carbons (Fsp3) is 0.250. The molecule has 3 heteroatoms. The quantitative estimate of drug-likeness (QED) is 0.838. The molecular weight excluding hydrogens is 284 g/mol. The molecule has 23 heavy (non-hydrogen) atoms. The molecule has 1 saturated heterocycles. The molecule has 2 aromatic carbocycles. The highest BCUT2D eigenvalue weighted by atomic mass is 16.2. The number of hydrazine groups is 1. The van der Waals surface area contributed by atoms with Gasteiger partial charge in [0, 0.05) is 12.1 Å². The molecule has 0 aliphatic carbocycles. The summed E-state index contributed by atoms with van der Waals surface area (Å²) < 4.78 is 0.